The zero-order chi connectivity index (χ0) is 11.3. The van der Waals surface area contributed by atoms with E-state index >= 15 is 0 Å². The molecule has 1 nitrogen and oxygen atoms in total. The Morgan fingerprint density at radius 3 is 2.53 bits per heavy atom. The molecule has 1 rings (SSSR count). The predicted octanol–water partition coefficient (Wildman–Crippen LogP) is 0.991. The molecule has 0 radical (unpaired) electrons. The van der Waals surface area contributed by atoms with E-state index < -0.39 is 0 Å². The zero-order valence-corrected chi connectivity index (χ0v) is 16.0. The molecule has 92 valence electrons. The van der Waals surface area contributed by atoms with Crippen molar-refractivity contribution in [1.29, 1.82) is 0 Å². The summed E-state index contributed by atoms with van der Waals surface area (Å²) < 4.78 is 2.14. The van der Waals surface area contributed by atoms with Gasteiger partial charge >= 0.3 is 130 Å². The molecule has 4 heteroatoms. The van der Waals surface area contributed by atoms with Crippen molar-refractivity contribution in [2.45, 2.75) is 49.6 Å². The van der Waals surface area contributed by atoms with Crippen LogP contribution in [0.25, 0.3) is 0 Å². The molecule has 15 heavy (non-hydrogen) atoms. The predicted molar refractivity (Wildman–Crippen MR) is 80.4 cm³/mol. The molecule has 0 spiro atoms. The van der Waals surface area contributed by atoms with Crippen LogP contribution in [0.5, 0.6) is 0 Å². The Hall–Kier alpha value is 2.15. The van der Waals surface area contributed by atoms with Gasteiger partial charge in [-0.05, 0) is 0 Å². The molecule has 0 aromatic carbocycles. The van der Waals surface area contributed by atoms with Gasteiger partial charge < -0.3 is 0 Å². The van der Waals surface area contributed by atoms with Crippen LogP contribution in [0.4, 0.5) is 0 Å². The first-order chi connectivity index (χ1) is 7.21. The van der Waals surface area contributed by atoms with Crippen LogP contribution in [-0.4, -0.2) is 14.5 Å². The maximum absolute atomic E-state index is 3.91. The maximum atomic E-state index is 3.91. The quantitative estimate of drug-likeness (QED) is 0.272. The molecular weight excluding hydrogens is 527 g/mol. The van der Waals surface area contributed by atoms with Gasteiger partial charge in [0.1, 0.15) is 0 Å². The first kappa shape index (κ1) is 15.2. The molecule has 1 aliphatic rings. The van der Waals surface area contributed by atoms with Crippen molar-refractivity contribution in [3.05, 3.63) is 0 Å². The second-order valence-corrected chi connectivity index (χ2v) is 10.6. The van der Waals surface area contributed by atoms with Crippen molar-refractivity contribution in [1.82, 2.24) is 5.32 Å². The molecule has 1 N–H and O–H groups in total. The van der Waals surface area contributed by atoms with Gasteiger partial charge in [0.05, 0.1) is 0 Å². The van der Waals surface area contributed by atoms with Crippen LogP contribution >= 0.6 is 41.2 Å². The van der Waals surface area contributed by atoms with Crippen molar-refractivity contribution in [3.63, 3.8) is 0 Å². The second-order valence-electron chi connectivity index (χ2n) is 4.56. The minimum absolute atomic E-state index is 0.320. The van der Waals surface area contributed by atoms with Gasteiger partial charge in [-0.1, -0.05) is 0 Å². The zero-order valence-electron chi connectivity index (χ0n) is 9.48. The van der Waals surface area contributed by atoms with E-state index in [4.69, 9.17) is 0 Å². The fourth-order valence-corrected chi connectivity index (χ4v) is 6.52. The van der Waals surface area contributed by atoms with E-state index in [1.165, 1.54) is 30.1 Å². The summed E-state index contributed by atoms with van der Waals surface area (Å²) in [6.45, 7) is 4.70. The molecule has 1 aliphatic carbocycles. The van der Waals surface area contributed by atoms with Crippen LogP contribution in [0.15, 0.2) is 0 Å². The Labute approximate surface area is 128 Å². The van der Waals surface area contributed by atoms with Crippen LogP contribution in [-0.2, 0) is 0 Å². The minimum atomic E-state index is 0.320. The summed E-state index contributed by atoms with van der Waals surface area (Å²) in [4.78, 5) is 0. The van der Waals surface area contributed by atoms with E-state index in [9.17, 15) is 0 Å². The Balaban J connectivity index is 2.30. The average molecular weight is 548 g/mol. The fourth-order valence-electron chi connectivity index (χ4n) is 1.68. The second kappa shape index (κ2) is 8.29. The molecule has 2 unspecified atom stereocenters. The van der Waals surface area contributed by atoms with Crippen molar-refractivity contribution >= 4 is 41.2 Å². The first-order valence-corrected chi connectivity index (χ1v) is 14.8. The van der Waals surface area contributed by atoms with Crippen molar-refractivity contribution in [2.75, 3.05) is 4.43 Å². The van der Waals surface area contributed by atoms with E-state index in [-0.39, 0.29) is 0 Å². The SMILES string of the molecule is CCC(C)C[C@@H](NC(CI)C1CC1)[I-]I. The van der Waals surface area contributed by atoms with E-state index in [0.29, 0.717) is 17.2 Å². The summed E-state index contributed by atoms with van der Waals surface area (Å²) in [7, 11) is 0. The topological polar surface area (TPSA) is 12.0 Å². The molecule has 1 fully saturated rings. The monoisotopic (exact) mass is 548 g/mol. The van der Waals surface area contributed by atoms with Gasteiger partial charge in [-0.15, -0.1) is 0 Å². The first-order valence-electron chi connectivity index (χ1n) is 5.77. The van der Waals surface area contributed by atoms with E-state index in [2.05, 4.69) is 60.4 Å². The van der Waals surface area contributed by atoms with E-state index in [0.717, 1.165) is 21.9 Å². The molecule has 0 aromatic rings. The number of hydrogen-bond donors (Lipinski definition) is 1. The number of rotatable bonds is 8. The summed E-state index contributed by atoms with van der Waals surface area (Å²) in [5, 5.41) is 3.91. The van der Waals surface area contributed by atoms with Gasteiger partial charge in [0.25, 0.3) is 0 Å². The Kier molecular flexibility index (Phi) is 8.40. The molecule has 0 heterocycles. The van der Waals surface area contributed by atoms with E-state index in [1.54, 1.807) is 0 Å². The van der Waals surface area contributed by atoms with Crippen LogP contribution in [0.1, 0.15) is 39.5 Å². The summed E-state index contributed by atoms with van der Waals surface area (Å²) in [5.74, 6) is 1.90. The van der Waals surface area contributed by atoms with Gasteiger partial charge in [0.2, 0.25) is 0 Å². The van der Waals surface area contributed by atoms with Crippen molar-refractivity contribution in [2.24, 2.45) is 11.8 Å². The van der Waals surface area contributed by atoms with Gasteiger partial charge in [0, 0.05) is 0 Å². The molecule has 0 bridgehead atoms. The van der Waals surface area contributed by atoms with Gasteiger partial charge in [0.15, 0.2) is 0 Å². The van der Waals surface area contributed by atoms with Crippen LogP contribution in [0.3, 0.4) is 0 Å². The molecule has 3 atom stereocenters. The number of halogens is 3. The van der Waals surface area contributed by atoms with Crippen LogP contribution in [0, 0.1) is 11.8 Å². The summed E-state index contributed by atoms with van der Waals surface area (Å²) in [5.41, 5.74) is 0. The number of alkyl halides is 2. The number of hydrogen-bond acceptors (Lipinski definition) is 1. The Morgan fingerprint density at radius 1 is 1.47 bits per heavy atom. The Morgan fingerprint density at radius 2 is 2.13 bits per heavy atom. The Bertz CT molecular complexity index is 173. The molecule has 0 amide bonds. The molecular formula is C11H21I3N-. The fraction of sp³-hybridized carbons (Fsp3) is 1.00. The summed E-state index contributed by atoms with van der Waals surface area (Å²) in [6, 6.07) is 0.814. The molecule has 0 aliphatic heterocycles. The van der Waals surface area contributed by atoms with Crippen LogP contribution in [0.2, 0.25) is 0 Å². The van der Waals surface area contributed by atoms with E-state index in [1.807, 2.05) is 0 Å². The average Bonchev–Trinajstić information content (AvgIpc) is 3.07. The van der Waals surface area contributed by atoms with Gasteiger partial charge in [-0.2, -0.15) is 0 Å². The summed E-state index contributed by atoms with van der Waals surface area (Å²) in [6.07, 6.45) is 5.66. The third-order valence-corrected chi connectivity index (χ3v) is 9.36. The van der Waals surface area contributed by atoms with Gasteiger partial charge in [-0.25, -0.2) is 0 Å². The third kappa shape index (κ3) is 6.03. The number of nitrogens with one attached hydrogen (secondary N) is 1. The van der Waals surface area contributed by atoms with Crippen molar-refractivity contribution < 1.29 is 17.2 Å². The third-order valence-electron chi connectivity index (χ3n) is 3.16. The summed E-state index contributed by atoms with van der Waals surface area (Å²) >= 11 is 5.50. The normalized spacial score (nSPS) is 22.7. The molecule has 0 saturated heterocycles. The standard InChI is InChI=1S/C11H21I3N/c1-3-8(2)6-11(14-13)15-10(7-12)9-4-5-9/h8-11,15H,3-7H2,1-2H3/q-1/t8?,10?,11-/m1/s1. The van der Waals surface area contributed by atoms with Crippen LogP contribution < -0.4 is 22.5 Å². The molecule has 0 aromatic heterocycles. The van der Waals surface area contributed by atoms with Crippen molar-refractivity contribution in [3.8, 4) is 0 Å². The molecule has 1 saturated carbocycles. The van der Waals surface area contributed by atoms with Gasteiger partial charge in [-0.3, -0.25) is 0 Å².